The number of phenolic OH excluding ortho intramolecular Hbond substituents is 1. The predicted molar refractivity (Wildman–Crippen MR) is 488 cm³/mol. The van der Waals surface area contributed by atoms with Crippen molar-refractivity contribution in [3.8, 4) is 5.75 Å². The molecule has 3 aromatic heterocycles. The van der Waals surface area contributed by atoms with Crippen LogP contribution >= 0.6 is 35.6 Å². The lowest BCUT2D eigenvalue weighted by Crippen LogP contribution is -2.30. The zero-order valence-electron chi connectivity index (χ0n) is 70.3. The fourth-order valence-corrected chi connectivity index (χ4v) is 12.5. The van der Waals surface area contributed by atoms with Crippen molar-refractivity contribution in [2.75, 3.05) is 36.8 Å². The van der Waals surface area contributed by atoms with Crippen molar-refractivity contribution in [3.63, 3.8) is 0 Å². The second kappa shape index (κ2) is 47.3. The molecule has 0 spiro atoms. The first-order valence-electron chi connectivity index (χ1n) is 39.3. The first-order valence-corrected chi connectivity index (χ1v) is 39.7. The Labute approximate surface area is 723 Å². The lowest BCUT2D eigenvalue weighted by molar-refractivity contribution is -0.385. The number of aromatic carboxylic acids is 1. The number of nitrogen functional groups attached to an aromatic ring is 1. The predicted octanol–water partition coefficient (Wildman–Crippen LogP) is 20.9. The van der Waals surface area contributed by atoms with Gasteiger partial charge in [-0.15, -0.1) is 24.0 Å². The van der Waals surface area contributed by atoms with Gasteiger partial charge in [0.1, 0.15) is 54.8 Å². The van der Waals surface area contributed by atoms with Crippen molar-refractivity contribution in [1.82, 2.24) is 35.2 Å². The lowest BCUT2D eigenvalue weighted by atomic mass is 10.0. The second-order valence-electron chi connectivity index (χ2n) is 29.3. The molecule has 2 fully saturated rings. The molecule has 15 rings (SSSR count). The number of nitrogens with two attached hydrogens (primary N) is 1. The Morgan fingerprint density at radius 3 is 1.37 bits per heavy atom. The molecule has 6 N–H and O–H groups in total. The number of nitro benzene ring substituents is 1. The summed E-state index contributed by atoms with van der Waals surface area (Å²) >= 11 is 5.93. The number of aryl methyl sites for hydroxylation is 13. The third-order valence-electron chi connectivity index (χ3n) is 20.3. The lowest BCUT2D eigenvalue weighted by Gasteiger charge is -2.28. The van der Waals surface area contributed by atoms with E-state index in [-0.39, 0.29) is 77.3 Å². The summed E-state index contributed by atoms with van der Waals surface area (Å²) in [6.45, 7) is 30.9. The third-order valence-corrected chi connectivity index (χ3v) is 20.6. The number of anilines is 2. The zero-order chi connectivity index (χ0) is 86.2. The van der Waals surface area contributed by atoms with Crippen LogP contribution in [0, 0.1) is 100 Å². The van der Waals surface area contributed by atoms with Crippen molar-refractivity contribution in [3.05, 3.63) is 344 Å². The van der Waals surface area contributed by atoms with E-state index in [0.717, 1.165) is 96.5 Å². The molecule has 13 aromatic rings. The Kier molecular flexibility index (Phi) is 37.4. The minimum atomic E-state index is -0.979. The number of hydrogen-bond acceptors (Lipinski definition) is 19. The van der Waals surface area contributed by atoms with Crippen molar-refractivity contribution >= 4 is 109 Å². The van der Waals surface area contributed by atoms with Crippen LogP contribution in [0.5, 0.6) is 5.75 Å². The van der Waals surface area contributed by atoms with Crippen LogP contribution in [0.25, 0.3) is 32.7 Å². The van der Waals surface area contributed by atoms with Crippen molar-refractivity contribution < 1.29 is 48.5 Å². The number of aromatic nitrogens is 6. The molecular weight excluding hydrogens is 1650 g/mol. The van der Waals surface area contributed by atoms with Gasteiger partial charge < -0.3 is 45.4 Å². The van der Waals surface area contributed by atoms with Gasteiger partial charge in [0.25, 0.3) is 11.2 Å². The van der Waals surface area contributed by atoms with Gasteiger partial charge in [0.2, 0.25) is 0 Å². The van der Waals surface area contributed by atoms with Gasteiger partial charge in [-0.25, -0.2) is 44.1 Å². The Hall–Kier alpha value is -12.3. The van der Waals surface area contributed by atoms with Crippen LogP contribution < -0.4 is 21.5 Å². The van der Waals surface area contributed by atoms with E-state index in [4.69, 9.17) is 41.8 Å². The summed E-state index contributed by atoms with van der Waals surface area (Å²) in [5.74, 6) is -1.09. The van der Waals surface area contributed by atoms with Crippen LogP contribution in [0.15, 0.2) is 212 Å². The molecule has 24 heteroatoms. The van der Waals surface area contributed by atoms with Gasteiger partial charge in [-0.3, -0.25) is 14.9 Å². The highest BCUT2D eigenvalue weighted by molar-refractivity contribution is 14.0. The summed E-state index contributed by atoms with van der Waals surface area (Å²) < 4.78 is 15.7. The Bertz CT molecular complexity index is 5700. The number of nitro groups is 1. The van der Waals surface area contributed by atoms with E-state index in [9.17, 15) is 34.1 Å². The van der Waals surface area contributed by atoms with Gasteiger partial charge in [0.05, 0.1) is 49.9 Å². The van der Waals surface area contributed by atoms with Crippen LogP contribution in [0.2, 0.25) is 5.15 Å². The minimum Gasteiger partial charge on any atom is -0.508 e. The quantitative estimate of drug-likeness (QED) is 0.0144. The maximum atomic E-state index is 12.1. The van der Waals surface area contributed by atoms with Gasteiger partial charge in [-0.05, 0) is 309 Å². The molecule has 0 amide bonds. The molecule has 5 heterocycles. The molecule has 0 radical (unpaired) electrons. The number of hydrogen-bond donors (Lipinski definition) is 5. The number of nitrogens with zero attached hydrogens (tertiary/aromatic N) is 7. The smallest absolute Gasteiger partial charge is 0.345 e. The SMILES string of the molecule is C1CCNCC1.Cc1cc(C(=O)O)ccc1O.Cc1cc(C(=O)OCc2ccccc2)c([N+](=O)[O-])cc1C.Cc1cc(N)c(C(=O)OCc2ccccc2)cc1C.Cc1cc2nc[nH]c(=O)c2cc1C.Cc1cc2ncnc(Cl)c2cc1C.Cc1cc2ncnc(N3CCCCC3)c2cc1C.Cc1ccc(C(=O)OCc2ccccc2)cc1C.I. The molecule has 0 atom stereocenters. The van der Waals surface area contributed by atoms with E-state index < -0.39 is 16.9 Å². The highest BCUT2D eigenvalue weighted by Crippen LogP contribution is 2.30. The Balaban J connectivity index is 0.000000192. The van der Waals surface area contributed by atoms with E-state index >= 15 is 0 Å². The largest absolute Gasteiger partial charge is 0.508 e. The summed E-state index contributed by atoms with van der Waals surface area (Å²) in [5.41, 5.74) is 26.6. The van der Waals surface area contributed by atoms with Gasteiger partial charge in [-0.2, -0.15) is 0 Å². The number of carbonyl (C=O) groups excluding carboxylic acids is 3. The fourth-order valence-electron chi connectivity index (χ4n) is 12.3. The first-order chi connectivity index (χ1) is 57.0. The average Bonchev–Trinajstić information content (AvgIpc) is 0.803. The highest BCUT2D eigenvalue weighted by atomic mass is 127. The number of benzene rings is 10. The summed E-state index contributed by atoms with van der Waals surface area (Å²) in [6.07, 6.45) is 12.7. The highest BCUT2D eigenvalue weighted by Gasteiger charge is 2.24. The minimum absolute atomic E-state index is 0. The molecule has 0 unspecified atom stereocenters. The monoisotopic (exact) mass is 1750 g/mol. The molecular formula is C96H106ClIN10O12. The summed E-state index contributed by atoms with van der Waals surface area (Å²) in [6, 6.07) is 56.9. The number of ether oxygens (including phenoxy) is 3. The molecule has 2 saturated heterocycles. The number of halogens is 2. The van der Waals surface area contributed by atoms with Gasteiger partial charge in [0, 0.05) is 35.6 Å². The molecule has 2 aliphatic rings. The molecule has 2 aliphatic heterocycles. The Morgan fingerprint density at radius 1 is 0.458 bits per heavy atom. The normalized spacial score (nSPS) is 11.7. The van der Waals surface area contributed by atoms with Crippen LogP contribution in [-0.2, 0) is 34.0 Å². The van der Waals surface area contributed by atoms with Crippen LogP contribution in [-0.4, -0.2) is 95.1 Å². The standard InChI is InChI=1S/C16H15NO4.C16H17NO2.C16H16O2.C15H19N3.C10H9ClN2.C10H10N2O.C8H8O3.C5H11N.HI/c1-11-8-14(15(17(19)20)9-12(11)2)16(18)21-10-13-6-4-3-5-7-13;1-11-8-14(15(17)9-12(11)2)16(18)19-10-13-6-4-3-5-7-13;1-12-8-9-15(10-13(12)2)16(17)18-11-14-6-4-3-5-7-14;1-11-8-13-14(9-12(11)2)16-10-17-15(13)18-6-4-3-5-7-18;1-6-3-8-9(4-7(6)2)12-5-13-10(8)11;1-6-3-8-9(4-7(6)2)11-5-12-10(8)13;1-5-4-6(8(10)11)2-3-7(5)9;1-2-4-6-5-3-1;/h3-9H,10H2,1-2H3;3-9H,10,17H2,1-2H3;3-10H,11H2,1-2H3;8-10H,3-7H2,1-2H3;3-5H,1-2H3;3-5H,1-2H3,(H,11,12,13);2-4,9H,1H3,(H,10,11);6H,1-5H2;1H. The van der Waals surface area contributed by atoms with E-state index in [2.05, 4.69) is 79.9 Å². The molecule has 626 valence electrons. The number of phenols is 1. The number of fused-ring (bicyclic) bond motifs is 3. The van der Waals surface area contributed by atoms with Crippen molar-refractivity contribution in [2.45, 2.75) is 148 Å². The van der Waals surface area contributed by atoms with E-state index in [1.807, 2.05) is 169 Å². The molecule has 0 bridgehead atoms. The number of carboxylic acid groups (broad SMARTS) is 1. The molecule has 120 heavy (non-hydrogen) atoms. The number of H-pyrrole nitrogens is 1. The number of esters is 3. The van der Waals surface area contributed by atoms with Crippen LogP contribution in [0.4, 0.5) is 17.2 Å². The van der Waals surface area contributed by atoms with Crippen LogP contribution in [0.1, 0.15) is 169 Å². The number of aromatic amines is 1. The number of carboxylic acids is 1. The topological polar surface area (TPSA) is 318 Å². The number of carbonyl (C=O) groups is 4. The molecule has 10 aromatic carbocycles. The van der Waals surface area contributed by atoms with Gasteiger partial charge in [0.15, 0.2) is 0 Å². The first kappa shape index (κ1) is 94.8. The number of aromatic hydroxyl groups is 1. The summed E-state index contributed by atoms with van der Waals surface area (Å²) in [5, 5.41) is 35.2. The second-order valence-corrected chi connectivity index (χ2v) is 29.7. The van der Waals surface area contributed by atoms with E-state index in [1.54, 1.807) is 45.3 Å². The summed E-state index contributed by atoms with van der Waals surface area (Å²) in [7, 11) is 0. The Morgan fingerprint density at radius 2 is 0.875 bits per heavy atom. The number of piperidine rings is 2. The molecule has 0 aliphatic carbocycles. The van der Waals surface area contributed by atoms with E-state index in [0.29, 0.717) is 39.5 Å². The number of rotatable bonds is 12. The zero-order valence-corrected chi connectivity index (χ0v) is 73.4. The van der Waals surface area contributed by atoms with Crippen molar-refractivity contribution in [2.24, 2.45) is 0 Å². The molecule has 22 nitrogen and oxygen atoms in total. The fraction of sp³-hybridized carbons (Fsp3) is 0.271. The van der Waals surface area contributed by atoms with Gasteiger partial charge in [-0.1, -0.05) is 115 Å². The van der Waals surface area contributed by atoms with Crippen LogP contribution in [0.3, 0.4) is 0 Å². The summed E-state index contributed by atoms with van der Waals surface area (Å²) in [4.78, 5) is 94.2. The third kappa shape index (κ3) is 28.8. The number of nitrogens with one attached hydrogen (secondary N) is 2. The maximum absolute atomic E-state index is 12.1. The average molecular weight is 1750 g/mol. The van der Waals surface area contributed by atoms with E-state index in [1.165, 1.54) is 128 Å². The van der Waals surface area contributed by atoms with Gasteiger partial charge >= 0.3 is 23.9 Å². The van der Waals surface area contributed by atoms with Crippen molar-refractivity contribution in [1.29, 1.82) is 0 Å². The maximum Gasteiger partial charge on any atom is 0.345 e. The molecule has 0 saturated carbocycles.